The molecule has 0 aromatic heterocycles. The van der Waals surface area contributed by atoms with Crippen molar-refractivity contribution in [2.75, 3.05) is 20.6 Å². The lowest BCUT2D eigenvalue weighted by Crippen LogP contribution is -2.52. The van der Waals surface area contributed by atoms with Crippen molar-refractivity contribution in [2.24, 2.45) is 5.41 Å². The summed E-state index contributed by atoms with van der Waals surface area (Å²) in [6.45, 7) is 5.60. The van der Waals surface area contributed by atoms with Gasteiger partial charge in [0, 0.05) is 31.6 Å². The van der Waals surface area contributed by atoms with E-state index in [1.54, 1.807) is 45.0 Å². The summed E-state index contributed by atoms with van der Waals surface area (Å²) < 4.78 is 64.7. The van der Waals surface area contributed by atoms with Gasteiger partial charge in [0.25, 0.3) is 10.2 Å². The van der Waals surface area contributed by atoms with Crippen LogP contribution in [-0.4, -0.2) is 62.0 Å². The summed E-state index contributed by atoms with van der Waals surface area (Å²) in [6.07, 6.45) is 0.994. The molecule has 2 fully saturated rings. The van der Waals surface area contributed by atoms with E-state index in [4.69, 9.17) is 4.74 Å². The van der Waals surface area contributed by atoms with Gasteiger partial charge in [-0.2, -0.15) is 17.4 Å². The van der Waals surface area contributed by atoms with Crippen molar-refractivity contribution in [3.8, 4) is 11.1 Å². The summed E-state index contributed by atoms with van der Waals surface area (Å²) >= 11 is 0. The highest BCUT2D eigenvalue weighted by molar-refractivity contribution is 7.87. The molecule has 36 heavy (non-hydrogen) atoms. The van der Waals surface area contributed by atoms with Crippen LogP contribution in [0, 0.1) is 17.0 Å². The lowest BCUT2D eigenvalue weighted by molar-refractivity contribution is 0.0213. The highest BCUT2D eigenvalue weighted by Crippen LogP contribution is 2.56. The number of ether oxygens (including phenoxy) is 1. The molecule has 2 aliphatic rings. The van der Waals surface area contributed by atoms with Crippen molar-refractivity contribution in [2.45, 2.75) is 57.7 Å². The summed E-state index contributed by atoms with van der Waals surface area (Å²) in [5, 5.41) is 0. The fourth-order valence-electron chi connectivity index (χ4n) is 4.83. The molecule has 2 aromatic carbocycles. The van der Waals surface area contributed by atoms with E-state index in [-0.39, 0.29) is 12.0 Å². The van der Waals surface area contributed by atoms with Gasteiger partial charge in [-0.3, -0.25) is 0 Å². The second-order valence-corrected chi connectivity index (χ2v) is 12.8. The van der Waals surface area contributed by atoms with Crippen LogP contribution in [0.3, 0.4) is 0 Å². The van der Waals surface area contributed by atoms with Gasteiger partial charge in [0.2, 0.25) is 0 Å². The molecule has 1 heterocycles. The third-order valence-electron chi connectivity index (χ3n) is 6.85. The number of hydrogen-bond donors (Lipinski definition) is 1. The smallest absolute Gasteiger partial charge is 0.410 e. The Bertz CT molecular complexity index is 1260. The molecule has 1 aliphatic carbocycles. The SMILES string of the molecule is CN(C)S(=O)(=O)N[C@@H]1[C@H](Cc2cccc(-c3cccc(F)c3)c2F)N(C(=O)OC(C)(C)C)CC12CC2. The highest BCUT2D eigenvalue weighted by Gasteiger charge is 2.62. The van der Waals surface area contributed by atoms with Gasteiger partial charge in [-0.1, -0.05) is 30.3 Å². The van der Waals surface area contributed by atoms with Crippen LogP contribution < -0.4 is 4.72 Å². The Morgan fingerprint density at radius 3 is 2.42 bits per heavy atom. The summed E-state index contributed by atoms with van der Waals surface area (Å²) in [5.74, 6) is -1.00. The van der Waals surface area contributed by atoms with E-state index in [1.807, 2.05) is 0 Å². The average molecular weight is 522 g/mol. The maximum atomic E-state index is 15.7. The Kier molecular flexibility index (Phi) is 6.91. The molecule has 0 bridgehead atoms. The molecule has 1 amide bonds. The topological polar surface area (TPSA) is 79.0 Å². The lowest BCUT2D eigenvalue weighted by atomic mass is 9.91. The van der Waals surface area contributed by atoms with Gasteiger partial charge >= 0.3 is 6.09 Å². The molecule has 1 spiro atoms. The van der Waals surface area contributed by atoms with E-state index >= 15 is 4.39 Å². The maximum Gasteiger partial charge on any atom is 0.410 e. The quantitative estimate of drug-likeness (QED) is 0.614. The number of halogens is 2. The molecule has 2 aromatic rings. The first kappa shape index (κ1) is 26.5. The largest absolute Gasteiger partial charge is 0.444 e. The van der Waals surface area contributed by atoms with Crippen molar-refractivity contribution < 1.29 is 26.7 Å². The van der Waals surface area contributed by atoms with Gasteiger partial charge in [0.1, 0.15) is 17.2 Å². The molecular weight excluding hydrogens is 488 g/mol. The Morgan fingerprint density at radius 1 is 1.17 bits per heavy atom. The number of carbonyl (C=O) groups excluding carboxylic acids is 1. The van der Waals surface area contributed by atoms with Crippen LogP contribution in [0.5, 0.6) is 0 Å². The molecule has 1 saturated heterocycles. The van der Waals surface area contributed by atoms with Crippen LogP contribution in [0.4, 0.5) is 13.6 Å². The minimum atomic E-state index is -3.82. The molecule has 1 aliphatic heterocycles. The molecule has 1 N–H and O–H groups in total. The number of rotatable bonds is 6. The van der Waals surface area contributed by atoms with Gasteiger partial charge in [-0.15, -0.1) is 0 Å². The fraction of sp³-hybridized carbons (Fsp3) is 0.500. The summed E-state index contributed by atoms with van der Waals surface area (Å²) in [5.41, 5.74) is -0.237. The van der Waals surface area contributed by atoms with Crippen LogP contribution in [0.25, 0.3) is 11.1 Å². The summed E-state index contributed by atoms with van der Waals surface area (Å²) in [4.78, 5) is 14.8. The van der Waals surface area contributed by atoms with E-state index < -0.39 is 51.0 Å². The predicted octanol–water partition coefficient (Wildman–Crippen LogP) is 4.34. The maximum absolute atomic E-state index is 15.7. The minimum absolute atomic E-state index is 0.0661. The van der Waals surface area contributed by atoms with E-state index in [2.05, 4.69) is 4.72 Å². The zero-order chi connectivity index (χ0) is 26.5. The van der Waals surface area contributed by atoms with Gasteiger partial charge in [-0.05, 0) is 63.3 Å². The molecule has 2 atom stereocenters. The summed E-state index contributed by atoms with van der Waals surface area (Å²) in [7, 11) is -0.959. The second kappa shape index (κ2) is 9.39. The first-order valence-electron chi connectivity index (χ1n) is 12.0. The first-order chi connectivity index (χ1) is 16.7. The van der Waals surface area contributed by atoms with Gasteiger partial charge in [0.15, 0.2) is 0 Å². The molecule has 0 unspecified atom stereocenters. The third kappa shape index (κ3) is 5.40. The van der Waals surface area contributed by atoms with Crippen LogP contribution in [-0.2, 0) is 21.4 Å². The second-order valence-electron chi connectivity index (χ2n) is 10.9. The molecule has 4 rings (SSSR count). The normalized spacial score (nSPS) is 21.3. The number of amides is 1. The first-order valence-corrected chi connectivity index (χ1v) is 13.4. The highest BCUT2D eigenvalue weighted by atomic mass is 32.2. The molecule has 0 radical (unpaired) electrons. The third-order valence-corrected chi connectivity index (χ3v) is 8.36. The van der Waals surface area contributed by atoms with E-state index in [9.17, 15) is 17.6 Å². The van der Waals surface area contributed by atoms with E-state index in [0.717, 1.165) is 17.1 Å². The number of hydrogen-bond acceptors (Lipinski definition) is 4. The van der Waals surface area contributed by atoms with Crippen molar-refractivity contribution in [3.05, 3.63) is 59.7 Å². The predicted molar refractivity (Wildman–Crippen MR) is 133 cm³/mol. The fourth-order valence-corrected chi connectivity index (χ4v) is 5.77. The average Bonchev–Trinajstić information content (AvgIpc) is 3.49. The van der Waals surface area contributed by atoms with Crippen molar-refractivity contribution in [1.82, 2.24) is 13.9 Å². The standard InChI is InChI=1S/C26H33F2N3O4S/c1-25(2,3)35-24(32)31-16-26(12-13-26)23(29-36(33,34)30(4)5)21(31)15-18-9-7-11-20(22(18)28)17-8-6-10-19(27)14-17/h6-11,14,21,23,29H,12-13,15-16H2,1-5H3/t21-,23+/m0/s1. The van der Waals surface area contributed by atoms with Gasteiger partial charge in [-0.25, -0.2) is 13.6 Å². The van der Waals surface area contributed by atoms with E-state index in [0.29, 0.717) is 17.7 Å². The zero-order valence-electron chi connectivity index (χ0n) is 21.2. The van der Waals surface area contributed by atoms with Crippen LogP contribution in [0.2, 0.25) is 0 Å². The Hall–Kier alpha value is -2.56. The Balaban J connectivity index is 1.73. The van der Waals surface area contributed by atoms with E-state index in [1.165, 1.54) is 37.2 Å². The molecule has 10 heteroatoms. The van der Waals surface area contributed by atoms with Crippen molar-refractivity contribution in [3.63, 3.8) is 0 Å². The molecular formula is C26H33F2N3O4S. The van der Waals surface area contributed by atoms with Crippen LogP contribution in [0.15, 0.2) is 42.5 Å². The summed E-state index contributed by atoms with van der Waals surface area (Å²) in [6, 6.07) is 9.27. The van der Waals surface area contributed by atoms with Crippen LogP contribution in [0.1, 0.15) is 39.2 Å². The number of nitrogens with one attached hydrogen (secondary N) is 1. The Labute approximate surface area is 211 Å². The number of likely N-dealkylation sites (tertiary alicyclic amines) is 1. The molecule has 196 valence electrons. The molecule has 1 saturated carbocycles. The Morgan fingerprint density at radius 2 is 1.83 bits per heavy atom. The van der Waals surface area contributed by atoms with Gasteiger partial charge < -0.3 is 9.64 Å². The minimum Gasteiger partial charge on any atom is -0.444 e. The van der Waals surface area contributed by atoms with Crippen LogP contribution >= 0.6 is 0 Å². The van der Waals surface area contributed by atoms with Crippen molar-refractivity contribution >= 4 is 16.3 Å². The number of carbonyl (C=O) groups is 1. The number of nitrogens with zero attached hydrogens (tertiary/aromatic N) is 2. The zero-order valence-corrected chi connectivity index (χ0v) is 22.0. The van der Waals surface area contributed by atoms with Gasteiger partial charge in [0.05, 0.1) is 12.1 Å². The monoisotopic (exact) mass is 521 g/mol. The molecule has 7 nitrogen and oxygen atoms in total. The van der Waals surface area contributed by atoms with Crippen molar-refractivity contribution in [1.29, 1.82) is 0 Å². The number of benzene rings is 2. The lowest BCUT2D eigenvalue weighted by Gasteiger charge is -2.31.